The molecule has 1 unspecified atom stereocenters. The summed E-state index contributed by atoms with van der Waals surface area (Å²) < 4.78 is 31.7. The lowest BCUT2D eigenvalue weighted by Gasteiger charge is -2.35. The summed E-state index contributed by atoms with van der Waals surface area (Å²) in [4.78, 5) is 30.9. The number of para-hydroxylation sites is 1. The standard InChI is InChI=1S/C22H23N3O5S/c1-15-10-11-16-6-2-4-8-18(16)25(15)20(26)14-30-21(27)12-13-23-22-17-7-3-5-9-19(17)31(28,29)24-22/h2-9,15H,10-14H2,1H3,(H,23,24). The van der Waals surface area contributed by atoms with Crippen LogP contribution in [0.25, 0.3) is 0 Å². The van der Waals surface area contributed by atoms with Crippen LogP contribution in [0.2, 0.25) is 0 Å². The lowest BCUT2D eigenvalue weighted by molar-refractivity contribution is -0.147. The number of amides is 1. The van der Waals surface area contributed by atoms with Crippen LogP contribution in [0.15, 0.2) is 58.4 Å². The van der Waals surface area contributed by atoms with E-state index in [-0.39, 0.29) is 42.3 Å². The quantitative estimate of drug-likeness (QED) is 0.715. The van der Waals surface area contributed by atoms with Crippen LogP contribution < -0.4 is 9.62 Å². The predicted molar refractivity (Wildman–Crippen MR) is 115 cm³/mol. The maximum atomic E-state index is 12.7. The van der Waals surface area contributed by atoms with E-state index in [4.69, 9.17) is 4.74 Å². The molecule has 8 nitrogen and oxygen atoms in total. The molecule has 0 saturated heterocycles. The van der Waals surface area contributed by atoms with Crippen LogP contribution in [0.3, 0.4) is 0 Å². The number of aryl methyl sites for hydroxylation is 1. The third-order valence-electron chi connectivity index (χ3n) is 5.40. The SMILES string of the molecule is CC1CCc2ccccc2N1C(=O)COC(=O)CCN=C1NS(=O)(=O)c2ccccc21. The van der Waals surface area contributed by atoms with Gasteiger partial charge in [0.05, 0.1) is 17.9 Å². The van der Waals surface area contributed by atoms with Gasteiger partial charge in [0, 0.05) is 17.3 Å². The maximum absolute atomic E-state index is 12.7. The third kappa shape index (κ3) is 4.32. The zero-order chi connectivity index (χ0) is 22.0. The second kappa shape index (κ2) is 8.50. The summed E-state index contributed by atoms with van der Waals surface area (Å²) in [7, 11) is -3.62. The van der Waals surface area contributed by atoms with Crippen LogP contribution in [-0.4, -0.2) is 45.3 Å². The maximum Gasteiger partial charge on any atom is 0.308 e. The fourth-order valence-electron chi connectivity index (χ4n) is 3.86. The lowest BCUT2D eigenvalue weighted by atomic mass is 9.96. The highest BCUT2D eigenvalue weighted by Crippen LogP contribution is 2.30. The number of sulfonamides is 1. The molecule has 2 aromatic rings. The highest BCUT2D eigenvalue weighted by atomic mass is 32.2. The second-order valence-corrected chi connectivity index (χ2v) is 9.17. The highest BCUT2D eigenvalue weighted by molar-refractivity contribution is 7.90. The van der Waals surface area contributed by atoms with Gasteiger partial charge in [0.15, 0.2) is 6.61 Å². The minimum atomic E-state index is -3.62. The number of hydrogen-bond acceptors (Lipinski definition) is 6. The highest BCUT2D eigenvalue weighted by Gasteiger charge is 2.30. The Labute approximate surface area is 181 Å². The van der Waals surface area contributed by atoms with Gasteiger partial charge in [0.1, 0.15) is 5.84 Å². The summed E-state index contributed by atoms with van der Waals surface area (Å²) >= 11 is 0. The van der Waals surface area contributed by atoms with Gasteiger partial charge in [0.25, 0.3) is 15.9 Å². The molecular weight excluding hydrogens is 418 g/mol. The fourth-order valence-corrected chi connectivity index (χ4v) is 5.11. The molecule has 31 heavy (non-hydrogen) atoms. The van der Waals surface area contributed by atoms with E-state index in [1.807, 2.05) is 31.2 Å². The van der Waals surface area contributed by atoms with Crippen LogP contribution in [0.1, 0.15) is 30.9 Å². The molecule has 1 atom stereocenters. The number of benzene rings is 2. The van der Waals surface area contributed by atoms with Crippen molar-refractivity contribution in [2.75, 3.05) is 18.1 Å². The summed E-state index contributed by atoms with van der Waals surface area (Å²) in [6.45, 7) is 1.68. The van der Waals surface area contributed by atoms with Crippen molar-refractivity contribution in [2.24, 2.45) is 4.99 Å². The Kier molecular flexibility index (Phi) is 5.77. The van der Waals surface area contributed by atoms with E-state index in [0.29, 0.717) is 5.56 Å². The zero-order valence-electron chi connectivity index (χ0n) is 17.1. The molecule has 1 amide bonds. The Morgan fingerprint density at radius 1 is 1.16 bits per heavy atom. The first-order valence-electron chi connectivity index (χ1n) is 10.1. The van der Waals surface area contributed by atoms with E-state index in [1.54, 1.807) is 23.1 Å². The van der Waals surface area contributed by atoms with Gasteiger partial charge in [-0.2, -0.15) is 0 Å². The first kappa shape index (κ1) is 21.0. The molecule has 162 valence electrons. The van der Waals surface area contributed by atoms with Crippen LogP contribution >= 0.6 is 0 Å². The summed E-state index contributed by atoms with van der Waals surface area (Å²) in [5.74, 6) is -0.625. The minimum absolute atomic E-state index is 0.0305. The summed E-state index contributed by atoms with van der Waals surface area (Å²) in [5, 5.41) is 0. The van der Waals surface area contributed by atoms with Gasteiger partial charge in [-0.1, -0.05) is 30.3 Å². The molecule has 0 spiro atoms. The number of nitrogens with zero attached hydrogens (tertiary/aromatic N) is 2. The van der Waals surface area contributed by atoms with Gasteiger partial charge in [0.2, 0.25) is 0 Å². The zero-order valence-corrected chi connectivity index (χ0v) is 17.9. The van der Waals surface area contributed by atoms with E-state index >= 15 is 0 Å². The van der Waals surface area contributed by atoms with Gasteiger partial charge in [-0.3, -0.25) is 19.3 Å². The number of carbonyl (C=O) groups excluding carboxylic acids is 2. The number of anilines is 1. The molecule has 0 aliphatic carbocycles. The first-order chi connectivity index (χ1) is 14.9. The largest absolute Gasteiger partial charge is 0.455 e. The normalized spacial score (nSPS) is 20.0. The molecule has 2 heterocycles. The van der Waals surface area contributed by atoms with Gasteiger partial charge in [-0.15, -0.1) is 0 Å². The molecule has 0 radical (unpaired) electrons. The molecule has 2 aromatic carbocycles. The number of fused-ring (bicyclic) bond motifs is 2. The Hall–Kier alpha value is -3.20. The van der Waals surface area contributed by atoms with Crippen LogP contribution in [-0.2, 0) is 30.8 Å². The molecule has 0 bridgehead atoms. The molecule has 0 fully saturated rings. The Morgan fingerprint density at radius 2 is 1.90 bits per heavy atom. The van der Waals surface area contributed by atoms with E-state index in [1.165, 1.54) is 6.07 Å². The Morgan fingerprint density at radius 3 is 2.74 bits per heavy atom. The average molecular weight is 442 g/mol. The van der Waals surface area contributed by atoms with Crippen molar-refractivity contribution in [3.05, 3.63) is 59.7 Å². The third-order valence-corrected chi connectivity index (χ3v) is 6.79. The number of rotatable bonds is 5. The molecule has 0 saturated carbocycles. The van der Waals surface area contributed by atoms with Gasteiger partial charge < -0.3 is 9.64 Å². The number of esters is 1. The molecule has 2 aliphatic rings. The fraction of sp³-hybridized carbons (Fsp3) is 0.318. The average Bonchev–Trinajstić information content (AvgIpc) is 3.02. The smallest absolute Gasteiger partial charge is 0.308 e. The van der Waals surface area contributed by atoms with Crippen LogP contribution in [0.5, 0.6) is 0 Å². The first-order valence-corrected chi connectivity index (χ1v) is 11.6. The number of aliphatic imine (C=N–C) groups is 1. The molecule has 0 aromatic heterocycles. The van der Waals surface area contributed by atoms with Gasteiger partial charge >= 0.3 is 5.97 Å². The van der Waals surface area contributed by atoms with Crippen molar-refractivity contribution in [1.29, 1.82) is 0 Å². The molecule has 9 heteroatoms. The molecule has 1 N–H and O–H groups in total. The number of nitrogens with one attached hydrogen (secondary N) is 1. The van der Waals surface area contributed by atoms with Crippen molar-refractivity contribution < 1.29 is 22.7 Å². The number of amidine groups is 1. The molecular formula is C22H23N3O5S. The van der Waals surface area contributed by atoms with Gasteiger partial charge in [-0.05, 0) is 43.5 Å². The Balaban J connectivity index is 1.33. The van der Waals surface area contributed by atoms with Gasteiger partial charge in [-0.25, -0.2) is 8.42 Å². The van der Waals surface area contributed by atoms with Crippen LogP contribution in [0.4, 0.5) is 5.69 Å². The molecule has 4 rings (SSSR count). The van der Waals surface area contributed by atoms with Crippen molar-refractivity contribution in [3.63, 3.8) is 0 Å². The monoisotopic (exact) mass is 441 g/mol. The predicted octanol–water partition coefficient (Wildman–Crippen LogP) is 2.03. The lowest BCUT2D eigenvalue weighted by Crippen LogP contribution is -2.44. The van der Waals surface area contributed by atoms with E-state index in [9.17, 15) is 18.0 Å². The second-order valence-electron chi connectivity index (χ2n) is 7.52. The van der Waals surface area contributed by atoms with Crippen LogP contribution in [0, 0.1) is 0 Å². The summed E-state index contributed by atoms with van der Waals surface area (Å²) in [6, 6.07) is 14.3. The minimum Gasteiger partial charge on any atom is -0.455 e. The van der Waals surface area contributed by atoms with Crippen molar-refractivity contribution in [2.45, 2.75) is 37.1 Å². The van der Waals surface area contributed by atoms with Crippen molar-refractivity contribution in [1.82, 2.24) is 4.72 Å². The van der Waals surface area contributed by atoms with Crippen molar-refractivity contribution >= 4 is 33.4 Å². The number of ether oxygens (including phenoxy) is 1. The van der Waals surface area contributed by atoms with Crippen molar-refractivity contribution in [3.8, 4) is 0 Å². The summed E-state index contributed by atoms with van der Waals surface area (Å²) in [5.41, 5.74) is 2.44. The number of carbonyl (C=O) groups is 2. The topological polar surface area (TPSA) is 105 Å². The summed E-state index contributed by atoms with van der Waals surface area (Å²) in [6.07, 6.45) is 1.70. The van der Waals surface area contributed by atoms with E-state index < -0.39 is 16.0 Å². The van der Waals surface area contributed by atoms with E-state index in [0.717, 1.165) is 24.1 Å². The Bertz CT molecular complexity index is 1160. The molecule has 2 aliphatic heterocycles. The van der Waals surface area contributed by atoms with E-state index in [2.05, 4.69) is 9.71 Å². The number of hydrogen-bond donors (Lipinski definition) is 1.